The van der Waals surface area contributed by atoms with Gasteiger partial charge in [-0.15, -0.1) is 0 Å². The molecule has 138 valence electrons. The minimum atomic E-state index is -0.0350. The highest BCUT2D eigenvalue weighted by Gasteiger charge is 2.15. The molecule has 2 aromatic rings. The molecule has 26 heavy (non-hydrogen) atoms. The molecule has 0 radical (unpaired) electrons. The van der Waals surface area contributed by atoms with E-state index in [9.17, 15) is 4.79 Å². The van der Waals surface area contributed by atoms with Crippen molar-refractivity contribution in [1.29, 1.82) is 0 Å². The molecule has 1 unspecified atom stereocenters. The van der Waals surface area contributed by atoms with E-state index in [1.54, 1.807) is 6.08 Å². The summed E-state index contributed by atoms with van der Waals surface area (Å²) in [6, 6.07) is 15.9. The van der Waals surface area contributed by atoms with E-state index in [-0.39, 0.29) is 11.9 Å². The lowest BCUT2D eigenvalue weighted by Crippen LogP contribution is -3.08. The fraction of sp³-hybridized carbons (Fsp3) is 0.286. The van der Waals surface area contributed by atoms with E-state index in [4.69, 9.17) is 4.74 Å². The minimum absolute atomic E-state index is 0.0350. The van der Waals surface area contributed by atoms with E-state index < -0.39 is 0 Å². The number of amides is 1. The van der Waals surface area contributed by atoms with Crippen molar-refractivity contribution in [3.8, 4) is 5.75 Å². The van der Waals surface area contributed by atoms with Crippen LogP contribution in [0.15, 0.2) is 65.7 Å². The third-order valence-corrected chi connectivity index (χ3v) is 4.73. The van der Waals surface area contributed by atoms with Crippen molar-refractivity contribution in [2.45, 2.75) is 19.5 Å². The summed E-state index contributed by atoms with van der Waals surface area (Å²) in [5, 5.41) is 3.07. The number of carbonyl (C=O) groups excluding carboxylic acids is 1. The molecule has 0 saturated heterocycles. The Morgan fingerprint density at radius 3 is 2.62 bits per heavy atom. The molecular weight excluding hydrogens is 392 g/mol. The lowest BCUT2D eigenvalue weighted by Gasteiger charge is -2.18. The summed E-state index contributed by atoms with van der Waals surface area (Å²) < 4.78 is 6.49. The van der Waals surface area contributed by atoms with E-state index in [0.29, 0.717) is 13.2 Å². The van der Waals surface area contributed by atoms with Crippen LogP contribution < -0.4 is 15.0 Å². The molecule has 0 spiro atoms. The number of halogens is 1. The topological polar surface area (TPSA) is 42.8 Å². The van der Waals surface area contributed by atoms with Gasteiger partial charge in [-0.2, -0.15) is 0 Å². The molecule has 0 aliphatic heterocycles. The standard InChI is InChI=1S/C21H25BrN2O2/c1-4-13-26-18-11-9-17(10-12-18)14-24(3)15-21(25)23-16(2)19-7-5-6-8-20(19)22/h4-12,16H,1,13-15H2,2-3H3,(H,23,25)/p+1/t16-/m1/s1. The second kappa shape index (κ2) is 10.1. The normalized spacial score (nSPS) is 12.9. The Bertz CT molecular complexity index is 731. The fourth-order valence-corrected chi connectivity index (χ4v) is 3.37. The molecule has 0 aromatic heterocycles. The van der Waals surface area contributed by atoms with Crippen molar-refractivity contribution in [1.82, 2.24) is 5.32 Å². The maximum absolute atomic E-state index is 12.3. The summed E-state index contributed by atoms with van der Waals surface area (Å²) in [6.45, 7) is 7.33. The van der Waals surface area contributed by atoms with Gasteiger partial charge in [-0.25, -0.2) is 0 Å². The quantitative estimate of drug-likeness (QED) is 0.615. The molecule has 0 bridgehead atoms. The Morgan fingerprint density at radius 1 is 1.27 bits per heavy atom. The minimum Gasteiger partial charge on any atom is -0.490 e. The first-order valence-electron chi connectivity index (χ1n) is 8.67. The van der Waals surface area contributed by atoms with Crippen LogP contribution in [0, 0.1) is 0 Å². The molecule has 5 heteroatoms. The predicted octanol–water partition coefficient (Wildman–Crippen LogP) is 2.91. The van der Waals surface area contributed by atoms with Gasteiger partial charge in [0.1, 0.15) is 18.9 Å². The number of ether oxygens (including phenoxy) is 1. The number of rotatable bonds is 9. The van der Waals surface area contributed by atoms with E-state index >= 15 is 0 Å². The van der Waals surface area contributed by atoms with Crippen molar-refractivity contribution in [2.75, 3.05) is 20.2 Å². The average molecular weight is 418 g/mol. The number of hydrogen-bond acceptors (Lipinski definition) is 2. The maximum atomic E-state index is 12.3. The van der Waals surface area contributed by atoms with Gasteiger partial charge in [0.2, 0.25) is 0 Å². The lowest BCUT2D eigenvalue weighted by molar-refractivity contribution is -0.885. The highest BCUT2D eigenvalue weighted by Crippen LogP contribution is 2.22. The Morgan fingerprint density at radius 2 is 1.96 bits per heavy atom. The van der Waals surface area contributed by atoms with Crippen LogP contribution in [0.4, 0.5) is 0 Å². The van der Waals surface area contributed by atoms with Gasteiger partial charge < -0.3 is 15.0 Å². The Kier molecular flexibility index (Phi) is 7.88. The van der Waals surface area contributed by atoms with Crippen molar-refractivity contribution < 1.29 is 14.4 Å². The second-order valence-corrected chi connectivity index (χ2v) is 7.22. The van der Waals surface area contributed by atoms with Gasteiger partial charge in [-0.3, -0.25) is 4.79 Å². The van der Waals surface area contributed by atoms with Crippen molar-refractivity contribution in [3.05, 3.63) is 76.8 Å². The van der Waals surface area contributed by atoms with Crippen LogP contribution in [0.1, 0.15) is 24.1 Å². The first kappa shape index (κ1) is 20.2. The molecule has 2 atom stereocenters. The largest absolute Gasteiger partial charge is 0.490 e. The average Bonchev–Trinajstić information content (AvgIpc) is 2.61. The van der Waals surface area contributed by atoms with E-state index in [1.165, 1.54) is 5.56 Å². The first-order valence-corrected chi connectivity index (χ1v) is 9.46. The van der Waals surface area contributed by atoms with Crippen molar-refractivity contribution in [3.63, 3.8) is 0 Å². The summed E-state index contributed by atoms with van der Waals surface area (Å²) in [6.07, 6.45) is 1.72. The molecule has 0 saturated carbocycles. The number of hydrogen-bond donors (Lipinski definition) is 2. The zero-order chi connectivity index (χ0) is 18.9. The molecule has 0 fully saturated rings. The van der Waals surface area contributed by atoms with Crippen LogP contribution in [0.3, 0.4) is 0 Å². The summed E-state index contributed by atoms with van der Waals surface area (Å²) >= 11 is 3.53. The third-order valence-electron chi connectivity index (χ3n) is 4.01. The number of quaternary nitrogens is 1. The predicted molar refractivity (Wildman–Crippen MR) is 108 cm³/mol. The van der Waals surface area contributed by atoms with E-state index in [0.717, 1.165) is 27.2 Å². The monoisotopic (exact) mass is 417 g/mol. The van der Waals surface area contributed by atoms with Gasteiger partial charge >= 0.3 is 0 Å². The van der Waals surface area contributed by atoms with E-state index in [2.05, 4.69) is 27.8 Å². The smallest absolute Gasteiger partial charge is 0.275 e. The zero-order valence-electron chi connectivity index (χ0n) is 15.3. The van der Waals surface area contributed by atoms with Crippen LogP contribution in [0.5, 0.6) is 5.75 Å². The molecule has 1 amide bonds. The molecular formula is C21H26BrN2O2+. The number of carbonyl (C=O) groups is 1. The van der Waals surface area contributed by atoms with Crippen LogP contribution in [-0.2, 0) is 11.3 Å². The molecule has 4 nitrogen and oxygen atoms in total. The Labute approximate surface area is 164 Å². The highest BCUT2D eigenvalue weighted by molar-refractivity contribution is 9.10. The lowest BCUT2D eigenvalue weighted by atomic mass is 10.1. The van der Waals surface area contributed by atoms with Gasteiger partial charge in [0.25, 0.3) is 5.91 Å². The van der Waals surface area contributed by atoms with Crippen LogP contribution >= 0.6 is 15.9 Å². The van der Waals surface area contributed by atoms with Crippen molar-refractivity contribution >= 4 is 21.8 Å². The zero-order valence-corrected chi connectivity index (χ0v) is 16.9. The molecule has 0 aliphatic rings. The molecule has 2 rings (SSSR count). The van der Waals surface area contributed by atoms with Gasteiger partial charge in [0, 0.05) is 10.0 Å². The summed E-state index contributed by atoms with van der Waals surface area (Å²) in [5.74, 6) is 0.864. The molecule has 0 heterocycles. The summed E-state index contributed by atoms with van der Waals surface area (Å²) in [7, 11) is 2.02. The van der Waals surface area contributed by atoms with Crippen LogP contribution in [0.2, 0.25) is 0 Å². The van der Waals surface area contributed by atoms with Crippen molar-refractivity contribution in [2.24, 2.45) is 0 Å². The number of benzene rings is 2. The summed E-state index contributed by atoms with van der Waals surface area (Å²) in [5.41, 5.74) is 2.24. The highest BCUT2D eigenvalue weighted by atomic mass is 79.9. The second-order valence-electron chi connectivity index (χ2n) is 6.37. The van der Waals surface area contributed by atoms with Gasteiger partial charge in [0.05, 0.1) is 13.1 Å². The van der Waals surface area contributed by atoms with Crippen LogP contribution in [0.25, 0.3) is 0 Å². The molecule has 0 aliphatic carbocycles. The maximum Gasteiger partial charge on any atom is 0.275 e. The van der Waals surface area contributed by atoms with Crippen LogP contribution in [-0.4, -0.2) is 26.1 Å². The first-order chi connectivity index (χ1) is 12.5. The number of nitrogens with one attached hydrogen (secondary N) is 2. The summed E-state index contributed by atoms with van der Waals surface area (Å²) in [4.78, 5) is 13.5. The Balaban J connectivity index is 1.83. The molecule has 2 aromatic carbocycles. The SMILES string of the molecule is C=CCOc1ccc(C[NH+](C)CC(=O)N[C@H](C)c2ccccc2Br)cc1. The van der Waals surface area contributed by atoms with Gasteiger partial charge in [-0.1, -0.05) is 46.8 Å². The third kappa shape index (κ3) is 6.32. The van der Waals surface area contributed by atoms with E-state index in [1.807, 2.05) is 62.5 Å². The molecule has 2 N–H and O–H groups in total. The van der Waals surface area contributed by atoms with Gasteiger partial charge in [0.15, 0.2) is 6.54 Å². The number of likely N-dealkylation sites (N-methyl/N-ethyl adjacent to an activating group) is 1. The fourth-order valence-electron chi connectivity index (χ4n) is 2.74. The van der Waals surface area contributed by atoms with Gasteiger partial charge in [-0.05, 0) is 42.8 Å². The Hall–Kier alpha value is -2.11.